The van der Waals surface area contributed by atoms with Gasteiger partial charge in [0.15, 0.2) is 5.96 Å². The number of thiazole rings is 1. The first kappa shape index (κ1) is 21.7. The fourth-order valence-corrected chi connectivity index (χ4v) is 3.23. The number of anilines is 1. The summed E-state index contributed by atoms with van der Waals surface area (Å²) in [4.78, 5) is 12.6. The van der Waals surface area contributed by atoms with Crippen LogP contribution in [0, 0.1) is 13.8 Å². The van der Waals surface area contributed by atoms with E-state index >= 15 is 0 Å². The third-order valence-electron chi connectivity index (χ3n) is 3.66. The number of aryl methyl sites for hydroxylation is 2. The van der Waals surface area contributed by atoms with Crippen LogP contribution in [0.3, 0.4) is 0 Å². The van der Waals surface area contributed by atoms with Crippen molar-refractivity contribution in [3.8, 4) is 0 Å². The van der Waals surface area contributed by atoms with E-state index in [-0.39, 0.29) is 24.0 Å². The molecule has 2 rings (SSSR count). The van der Waals surface area contributed by atoms with Crippen LogP contribution in [-0.4, -0.2) is 37.6 Å². The third kappa shape index (κ3) is 7.19. The first-order valence-electron chi connectivity index (χ1n) is 8.31. The van der Waals surface area contributed by atoms with Crippen molar-refractivity contribution in [3.05, 3.63) is 45.9 Å². The lowest BCUT2D eigenvalue weighted by molar-refractivity contribution is 0.781. The van der Waals surface area contributed by atoms with E-state index in [1.54, 1.807) is 11.3 Å². The van der Waals surface area contributed by atoms with Gasteiger partial charge in [-0.3, -0.25) is 0 Å². The molecule has 2 N–H and O–H groups in total. The van der Waals surface area contributed by atoms with Gasteiger partial charge in [0.25, 0.3) is 0 Å². The van der Waals surface area contributed by atoms with Gasteiger partial charge in [-0.2, -0.15) is 0 Å². The molecule has 0 amide bonds. The number of para-hydroxylation sites is 1. The average molecular weight is 473 g/mol. The normalized spacial score (nSPS) is 11.0. The van der Waals surface area contributed by atoms with Crippen molar-refractivity contribution in [3.63, 3.8) is 0 Å². The third-order valence-corrected chi connectivity index (χ3v) is 4.72. The van der Waals surface area contributed by atoms with Gasteiger partial charge in [0.05, 0.1) is 17.2 Å². The lowest BCUT2D eigenvalue weighted by Gasteiger charge is -2.20. The average Bonchev–Trinajstić information content (AvgIpc) is 2.91. The molecule has 0 aliphatic carbocycles. The minimum Gasteiger partial charge on any atom is -0.373 e. The summed E-state index contributed by atoms with van der Waals surface area (Å²) in [6.45, 7) is 9.42. The van der Waals surface area contributed by atoms with E-state index in [9.17, 15) is 0 Å². The Kier molecular flexibility index (Phi) is 9.81. The molecule has 1 aromatic heterocycles. The molecule has 0 radical (unpaired) electrons. The number of nitrogens with one attached hydrogen (secondary N) is 2. The molecule has 5 nitrogen and oxygen atoms in total. The molecule has 138 valence electrons. The number of benzene rings is 1. The van der Waals surface area contributed by atoms with Crippen LogP contribution >= 0.6 is 35.3 Å². The summed E-state index contributed by atoms with van der Waals surface area (Å²) in [7, 11) is 2.10. The van der Waals surface area contributed by atoms with Crippen molar-refractivity contribution in [2.24, 2.45) is 4.99 Å². The lowest BCUT2D eigenvalue weighted by atomic mass is 10.3. The second-order valence-corrected chi connectivity index (χ2v) is 6.91. The molecular weight excluding hydrogens is 445 g/mol. The summed E-state index contributed by atoms with van der Waals surface area (Å²) < 4.78 is 0. The number of halogens is 1. The van der Waals surface area contributed by atoms with Crippen molar-refractivity contribution in [1.82, 2.24) is 15.6 Å². The van der Waals surface area contributed by atoms with Crippen LogP contribution in [0.2, 0.25) is 0 Å². The predicted molar refractivity (Wildman–Crippen MR) is 120 cm³/mol. The fraction of sp³-hybridized carbons (Fsp3) is 0.444. The SMILES string of the molecule is CCNC(=NCc1sc(C)nc1C)NCCN(C)c1ccccc1.I. The van der Waals surface area contributed by atoms with Gasteiger partial charge < -0.3 is 15.5 Å². The van der Waals surface area contributed by atoms with Gasteiger partial charge in [-0.15, -0.1) is 35.3 Å². The molecule has 0 bridgehead atoms. The fourth-order valence-electron chi connectivity index (χ4n) is 2.37. The van der Waals surface area contributed by atoms with Crippen molar-refractivity contribution in [1.29, 1.82) is 0 Å². The molecule has 0 aliphatic rings. The molecule has 25 heavy (non-hydrogen) atoms. The van der Waals surface area contributed by atoms with E-state index in [1.165, 1.54) is 10.6 Å². The number of aliphatic imine (C=N–C) groups is 1. The highest BCUT2D eigenvalue weighted by atomic mass is 127. The highest BCUT2D eigenvalue weighted by molar-refractivity contribution is 14.0. The van der Waals surface area contributed by atoms with E-state index in [2.05, 4.69) is 63.7 Å². The van der Waals surface area contributed by atoms with Crippen LogP contribution in [0.25, 0.3) is 0 Å². The van der Waals surface area contributed by atoms with Crippen LogP contribution in [0.4, 0.5) is 5.69 Å². The van der Waals surface area contributed by atoms with Gasteiger partial charge >= 0.3 is 0 Å². The number of guanidine groups is 1. The van der Waals surface area contributed by atoms with E-state index in [4.69, 9.17) is 0 Å². The Morgan fingerprint density at radius 2 is 1.92 bits per heavy atom. The Hall–Kier alpha value is -1.35. The molecule has 0 unspecified atom stereocenters. The zero-order valence-corrected chi connectivity index (χ0v) is 18.5. The van der Waals surface area contributed by atoms with Gasteiger partial charge in [-0.05, 0) is 32.9 Å². The second-order valence-electron chi connectivity index (χ2n) is 5.62. The number of hydrogen-bond donors (Lipinski definition) is 2. The van der Waals surface area contributed by atoms with E-state index < -0.39 is 0 Å². The zero-order chi connectivity index (χ0) is 17.4. The smallest absolute Gasteiger partial charge is 0.191 e. The summed E-state index contributed by atoms with van der Waals surface area (Å²) in [5, 5.41) is 7.79. The number of rotatable bonds is 7. The second kappa shape index (κ2) is 11.3. The maximum Gasteiger partial charge on any atom is 0.191 e. The van der Waals surface area contributed by atoms with Crippen LogP contribution in [0.15, 0.2) is 35.3 Å². The van der Waals surface area contributed by atoms with Crippen LogP contribution in [0.5, 0.6) is 0 Å². The van der Waals surface area contributed by atoms with Crippen LogP contribution in [0.1, 0.15) is 22.5 Å². The molecule has 1 aromatic carbocycles. The van der Waals surface area contributed by atoms with Gasteiger partial charge in [-0.25, -0.2) is 9.98 Å². The molecule has 0 fully saturated rings. The number of aromatic nitrogens is 1. The van der Waals surface area contributed by atoms with Gasteiger partial charge in [0, 0.05) is 37.2 Å². The molecule has 0 saturated carbocycles. The number of hydrogen-bond acceptors (Lipinski definition) is 4. The highest BCUT2D eigenvalue weighted by Gasteiger charge is 2.05. The number of likely N-dealkylation sites (N-methyl/N-ethyl adjacent to an activating group) is 1. The number of nitrogens with zero attached hydrogens (tertiary/aromatic N) is 3. The lowest BCUT2D eigenvalue weighted by Crippen LogP contribution is -2.41. The minimum absolute atomic E-state index is 0. The Bertz CT molecular complexity index is 657. The Labute approximate surface area is 172 Å². The molecule has 0 aliphatic heterocycles. The maximum absolute atomic E-state index is 4.67. The Morgan fingerprint density at radius 3 is 2.52 bits per heavy atom. The summed E-state index contributed by atoms with van der Waals surface area (Å²) in [6, 6.07) is 10.4. The summed E-state index contributed by atoms with van der Waals surface area (Å²) >= 11 is 1.72. The predicted octanol–water partition coefficient (Wildman–Crippen LogP) is 3.57. The van der Waals surface area contributed by atoms with Crippen molar-refractivity contribution < 1.29 is 0 Å². The molecule has 2 aromatic rings. The summed E-state index contributed by atoms with van der Waals surface area (Å²) in [5.74, 6) is 0.851. The Morgan fingerprint density at radius 1 is 1.20 bits per heavy atom. The minimum atomic E-state index is 0. The monoisotopic (exact) mass is 473 g/mol. The molecular formula is C18H28IN5S. The van der Waals surface area contributed by atoms with Crippen molar-refractivity contribution in [2.45, 2.75) is 27.3 Å². The van der Waals surface area contributed by atoms with E-state index in [0.717, 1.165) is 36.3 Å². The van der Waals surface area contributed by atoms with Crippen LogP contribution in [-0.2, 0) is 6.54 Å². The molecule has 0 spiro atoms. The molecule has 7 heteroatoms. The maximum atomic E-state index is 4.67. The molecule has 0 saturated heterocycles. The van der Waals surface area contributed by atoms with Gasteiger partial charge in [-0.1, -0.05) is 18.2 Å². The standard InChI is InChI=1S/C18H27N5S.HI/c1-5-19-18(21-13-17-14(2)22-15(3)24-17)20-11-12-23(4)16-9-7-6-8-10-16;/h6-10H,5,11-13H2,1-4H3,(H2,19,20,21);1H. The van der Waals surface area contributed by atoms with E-state index in [1.807, 2.05) is 19.9 Å². The molecule has 1 heterocycles. The highest BCUT2D eigenvalue weighted by Crippen LogP contribution is 2.17. The largest absolute Gasteiger partial charge is 0.373 e. The summed E-state index contributed by atoms with van der Waals surface area (Å²) in [5.41, 5.74) is 2.30. The first-order valence-corrected chi connectivity index (χ1v) is 9.13. The quantitative estimate of drug-likeness (QED) is 0.367. The Balaban J connectivity index is 0.00000312. The van der Waals surface area contributed by atoms with Crippen molar-refractivity contribution in [2.75, 3.05) is 31.6 Å². The first-order chi connectivity index (χ1) is 11.6. The van der Waals surface area contributed by atoms with Crippen LogP contribution < -0.4 is 15.5 Å². The van der Waals surface area contributed by atoms with E-state index in [0.29, 0.717) is 6.54 Å². The van der Waals surface area contributed by atoms with Gasteiger partial charge in [0.1, 0.15) is 0 Å². The topological polar surface area (TPSA) is 52.6 Å². The summed E-state index contributed by atoms with van der Waals surface area (Å²) in [6.07, 6.45) is 0. The van der Waals surface area contributed by atoms with Gasteiger partial charge in [0.2, 0.25) is 0 Å². The zero-order valence-electron chi connectivity index (χ0n) is 15.4. The van der Waals surface area contributed by atoms with Crippen molar-refractivity contribution >= 4 is 47.0 Å². The molecule has 0 atom stereocenters.